The standard InChI is InChI=1S/C5H10N4/c1-4-5(2-7-6)3-8-9-4/h3,7H,2,6H2,1H3,(H,8,9). The number of rotatable bonds is 2. The fourth-order valence-corrected chi connectivity index (χ4v) is 0.672. The molecule has 4 heteroatoms. The summed E-state index contributed by atoms with van der Waals surface area (Å²) in [7, 11) is 0. The SMILES string of the molecule is Cc1n[nH]cc1CNN. The predicted octanol–water partition coefficient (Wildman–Crippen LogP) is -0.319. The first-order chi connectivity index (χ1) is 4.34. The third-order valence-electron chi connectivity index (χ3n) is 1.23. The van der Waals surface area contributed by atoms with Gasteiger partial charge in [0.2, 0.25) is 0 Å². The van der Waals surface area contributed by atoms with E-state index in [-0.39, 0.29) is 0 Å². The van der Waals surface area contributed by atoms with E-state index in [1.54, 1.807) is 0 Å². The average molecular weight is 126 g/mol. The van der Waals surface area contributed by atoms with Gasteiger partial charge in [-0.2, -0.15) is 5.10 Å². The Morgan fingerprint density at radius 1 is 1.89 bits per heavy atom. The molecule has 4 nitrogen and oxygen atoms in total. The highest BCUT2D eigenvalue weighted by molar-refractivity contribution is 5.13. The molecule has 0 bridgehead atoms. The summed E-state index contributed by atoms with van der Waals surface area (Å²) in [5.41, 5.74) is 4.65. The molecule has 4 N–H and O–H groups in total. The number of aryl methyl sites for hydroxylation is 1. The molecule has 0 fully saturated rings. The van der Waals surface area contributed by atoms with Gasteiger partial charge in [0.25, 0.3) is 0 Å². The molecular formula is C5H10N4. The lowest BCUT2D eigenvalue weighted by atomic mass is 10.3. The predicted molar refractivity (Wildman–Crippen MR) is 34.4 cm³/mol. The maximum absolute atomic E-state index is 5.10. The molecule has 0 aliphatic heterocycles. The monoisotopic (exact) mass is 126 g/mol. The number of nitrogens with zero attached hydrogens (tertiary/aromatic N) is 1. The Kier molecular flexibility index (Phi) is 1.81. The van der Waals surface area contributed by atoms with Crippen molar-refractivity contribution in [2.24, 2.45) is 5.84 Å². The minimum atomic E-state index is 0.669. The van der Waals surface area contributed by atoms with Crippen molar-refractivity contribution < 1.29 is 0 Å². The second-order valence-corrected chi connectivity index (χ2v) is 1.88. The zero-order valence-corrected chi connectivity index (χ0v) is 5.31. The summed E-state index contributed by atoms with van der Waals surface area (Å²) in [6, 6.07) is 0. The van der Waals surface area contributed by atoms with Gasteiger partial charge >= 0.3 is 0 Å². The Balaban J connectivity index is 2.69. The van der Waals surface area contributed by atoms with Crippen LogP contribution in [0.25, 0.3) is 0 Å². The number of nitrogens with one attached hydrogen (secondary N) is 2. The van der Waals surface area contributed by atoms with Crippen LogP contribution in [0.3, 0.4) is 0 Å². The number of H-pyrrole nitrogens is 1. The third-order valence-corrected chi connectivity index (χ3v) is 1.23. The van der Waals surface area contributed by atoms with Crippen molar-refractivity contribution in [3.63, 3.8) is 0 Å². The van der Waals surface area contributed by atoms with Crippen molar-refractivity contribution in [1.82, 2.24) is 15.6 Å². The van der Waals surface area contributed by atoms with E-state index in [9.17, 15) is 0 Å². The van der Waals surface area contributed by atoms with Crippen LogP contribution in [0.4, 0.5) is 0 Å². The van der Waals surface area contributed by atoms with Crippen LogP contribution < -0.4 is 11.3 Å². The number of hydrazine groups is 1. The molecule has 1 heterocycles. The first kappa shape index (κ1) is 6.25. The lowest BCUT2D eigenvalue weighted by molar-refractivity contribution is 0.738. The summed E-state index contributed by atoms with van der Waals surface area (Å²) >= 11 is 0. The molecule has 1 aromatic heterocycles. The molecule has 0 spiro atoms. The zero-order valence-electron chi connectivity index (χ0n) is 5.31. The van der Waals surface area contributed by atoms with Gasteiger partial charge in [0.1, 0.15) is 0 Å². The van der Waals surface area contributed by atoms with E-state index in [1.165, 1.54) is 0 Å². The average Bonchev–Trinajstić information content (AvgIpc) is 2.18. The van der Waals surface area contributed by atoms with Crippen LogP contribution in [0.1, 0.15) is 11.3 Å². The Morgan fingerprint density at radius 2 is 2.67 bits per heavy atom. The number of aromatic nitrogens is 2. The van der Waals surface area contributed by atoms with E-state index in [1.807, 2.05) is 13.1 Å². The van der Waals surface area contributed by atoms with Crippen LogP contribution >= 0.6 is 0 Å². The van der Waals surface area contributed by atoms with Crippen molar-refractivity contribution >= 4 is 0 Å². The molecule has 0 aromatic carbocycles. The van der Waals surface area contributed by atoms with E-state index in [0.717, 1.165) is 11.3 Å². The topological polar surface area (TPSA) is 66.7 Å². The fraction of sp³-hybridized carbons (Fsp3) is 0.400. The lowest BCUT2D eigenvalue weighted by Gasteiger charge is -1.93. The largest absolute Gasteiger partial charge is 0.285 e. The normalized spacial score (nSPS) is 10.0. The van der Waals surface area contributed by atoms with Crippen LogP contribution in [-0.2, 0) is 6.54 Å². The zero-order chi connectivity index (χ0) is 6.69. The number of hydrogen-bond acceptors (Lipinski definition) is 3. The van der Waals surface area contributed by atoms with Crippen LogP contribution in [0, 0.1) is 6.92 Å². The maximum Gasteiger partial charge on any atom is 0.0636 e. The molecule has 0 saturated heterocycles. The Bertz CT molecular complexity index is 181. The van der Waals surface area contributed by atoms with Crippen LogP contribution in [-0.4, -0.2) is 10.2 Å². The summed E-state index contributed by atoms with van der Waals surface area (Å²) in [6.07, 6.45) is 1.83. The smallest absolute Gasteiger partial charge is 0.0636 e. The second kappa shape index (κ2) is 2.61. The quantitative estimate of drug-likeness (QED) is 0.376. The molecule has 0 saturated carbocycles. The highest BCUT2D eigenvalue weighted by Crippen LogP contribution is 1.99. The second-order valence-electron chi connectivity index (χ2n) is 1.88. The van der Waals surface area contributed by atoms with Gasteiger partial charge in [-0.05, 0) is 6.92 Å². The van der Waals surface area contributed by atoms with Gasteiger partial charge in [-0.15, -0.1) is 0 Å². The van der Waals surface area contributed by atoms with E-state index in [4.69, 9.17) is 5.84 Å². The first-order valence-corrected chi connectivity index (χ1v) is 2.77. The molecule has 0 aliphatic carbocycles. The Labute approximate surface area is 53.4 Å². The maximum atomic E-state index is 5.10. The van der Waals surface area contributed by atoms with Gasteiger partial charge < -0.3 is 0 Å². The van der Waals surface area contributed by atoms with E-state index < -0.39 is 0 Å². The molecule has 0 aliphatic rings. The molecule has 9 heavy (non-hydrogen) atoms. The van der Waals surface area contributed by atoms with Crippen LogP contribution in [0.5, 0.6) is 0 Å². The number of aromatic amines is 1. The summed E-state index contributed by atoms with van der Waals surface area (Å²) in [5.74, 6) is 5.10. The van der Waals surface area contributed by atoms with Crippen molar-refractivity contribution in [2.75, 3.05) is 0 Å². The summed E-state index contributed by atoms with van der Waals surface area (Å²) in [5, 5.41) is 6.65. The highest BCUT2D eigenvalue weighted by atomic mass is 15.2. The molecule has 0 radical (unpaired) electrons. The summed E-state index contributed by atoms with van der Waals surface area (Å²) in [6.45, 7) is 2.60. The summed E-state index contributed by atoms with van der Waals surface area (Å²) in [4.78, 5) is 0. The Hall–Kier alpha value is -0.870. The molecule has 50 valence electrons. The summed E-state index contributed by atoms with van der Waals surface area (Å²) < 4.78 is 0. The molecular weight excluding hydrogens is 116 g/mol. The van der Waals surface area contributed by atoms with Gasteiger partial charge in [0, 0.05) is 18.3 Å². The molecule has 1 rings (SSSR count). The minimum Gasteiger partial charge on any atom is -0.285 e. The van der Waals surface area contributed by atoms with Crippen LogP contribution in [0.2, 0.25) is 0 Å². The highest BCUT2D eigenvalue weighted by Gasteiger charge is 1.96. The first-order valence-electron chi connectivity index (χ1n) is 2.77. The Morgan fingerprint density at radius 3 is 3.11 bits per heavy atom. The van der Waals surface area contributed by atoms with Gasteiger partial charge in [-0.1, -0.05) is 0 Å². The lowest BCUT2D eigenvalue weighted by Crippen LogP contribution is -2.20. The van der Waals surface area contributed by atoms with Crippen molar-refractivity contribution in [3.8, 4) is 0 Å². The molecule has 0 atom stereocenters. The number of hydrogen-bond donors (Lipinski definition) is 3. The third kappa shape index (κ3) is 1.28. The van der Waals surface area contributed by atoms with Gasteiger partial charge in [-0.25, -0.2) is 0 Å². The van der Waals surface area contributed by atoms with Crippen molar-refractivity contribution in [2.45, 2.75) is 13.5 Å². The van der Waals surface area contributed by atoms with Crippen molar-refractivity contribution in [1.29, 1.82) is 0 Å². The fourth-order valence-electron chi connectivity index (χ4n) is 0.672. The van der Waals surface area contributed by atoms with E-state index in [0.29, 0.717) is 6.54 Å². The van der Waals surface area contributed by atoms with Crippen molar-refractivity contribution in [3.05, 3.63) is 17.5 Å². The van der Waals surface area contributed by atoms with Gasteiger partial charge in [0.15, 0.2) is 0 Å². The number of nitrogens with two attached hydrogens (primary N) is 1. The molecule has 0 unspecified atom stereocenters. The van der Waals surface area contributed by atoms with E-state index in [2.05, 4.69) is 15.6 Å². The van der Waals surface area contributed by atoms with E-state index >= 15 is 0 Å². The van der Waals surface area contributed by atoms with Gasteiger partial charge in [0.05, 0.1) is 5.69 Å². The minimum absolute atomic E-state index is 0.669. The van der Waals surface area contributed by atoms with Gasteiger partial charge in [-0.3, -0.25) is 16.4 Å². The van der Waals surface area contributed by atoms with Crippen LogP contribution in [0.15, 0.2) is 6.20 Å². The molecule has 1 aromatic rings. The molecule has 0 amide bonds.